The Kier molecular flexibility index (Phi) is 4.70. The van der Waals surface area contributed by atoms with Gasteiger partial charge in [-0.3, -0.25) is 4.79 Å². The molecule has 2 N–H and O–H groups in total. The minimum absolute atomic E-state index is 0.282. The number of carbonyl (C=O) groups is 1. The lowest BCUT2D eigenvalue weighted by Crippen LogP contribution is -2.31. The second-order valence-electron chi connectivity index (χ2n) is 6.22. The topological polar surface area (TPSA) is 94.0 Å². The summed E-state index contributed by atoms with van der Waals surface area (Å²) < 4.78 is 6.91. The largest absolute Gasteiger partial charge is 0.495 e. The van der Waals surface area contributed by atoms with E-state index in [1.54, 1.807) is 36.1 Å². The van der Waals surface area contributed by atoms with Gasteiger partial charge in [-0.25, -0.2) is 0 Å². The molecule has 0 bridgehead atoms. The molecule has 2 aromatic carbocycles. The van der Waals surface area contributed by atoms with Crippen molar-refractivity contribution in [3.05, 3.63) is 70.4 Å². The maximum absolute atomic E-state index is 13.3. The van der Waals surface area contributed by atoms with Crippen molar-refractivity contribution < 1.29 is 9.53 Å². The summed E-state index contributed by atoms with van der Waals surface area (Å²) in [5.41, 5.74) is 2.57. The molecule has 142 valence electrons. The second-order valence-corrected chi connectivity index (χ2v) is 6.66. The number of para-hydroxylation sites is 2. The Bertz CT molecular complexity index is 1060. The molecule has 8 nitrogen and oxygen atoms in total. The Morgan fingerprint density at radius 2 is 1.96 bits per heavy atom. The van der Waals surface area contributed by atoms with Gasteiger partial charge in [0.1, 0.15) is 11.8 Å². The zero-order chi connectivity index (χ0) is 19.7. The molecule has 2 heterocycles. The number of allylic oxidation sites excluding steroid dienone is 1. The van der Waals surface area contributed by atoms with Crippen molar-refractivity contribution in [3.8, 4) is 5.75 Å². The fraction of sp³-hybridized carbons (Fsp3) is 0.158. The first kappa shape index (κ1) is 18.0. The Labute approximate surface area is 166 Å². The number of carbonyl (C=O) groups excluding carboxylic acids is 1. The van der Waals surface area contributed by atoms with E-state index in [4.69, 9.17) is 16.3 Å². The van der Waals surface area contributed by atoms with Gasteiger partial charge in [-0.1, -0.05) is 41.0 Å². The molecule has 0 spiro atoms. The first-order valence-electron chi connectivity index (χ1n) is 8.54. The molecule has 9 heteroatoms. The number of benzene rings is 2. The number of hydrogen-bond donors (Lipinski definition) is 2. The SMILES string of the molecule is COc1ccccc1NC(=O)C1=C(C)Nc2nnnn2[C@H]1c1ccc(Cl)cc1. The van der Waals surface area contributed by atoms with Crippen LogP contribution in [0.25, 0.3) is 0 Å². The number of methoxy groups -OCH3 is 1. The first-order valence-corrected chi connectivity index (χ1v) is 8.91. The van der Waals surface area contributed by atoms with Gasteiger partial charge in [0.2, 0.25) is 5.95 Å². The summed E-state index contributed by atoms with van der Waals surface area (Å²) in [6.45, 7) is 1.82. The van der Waals surface area contributed by atoms with Crippen LogP contribution in [0.15, 0.2) is 59.8 Å². The van der Waals surface area contributed by atoms with Crippen molar-refractivity contribution in [1.29, 1.82) is 0 Å². The van der Waals surface area contributed by atoms with Gasteiger partial charge in [0.15, 0.2) is 0 Å². The van der Waals surface area contributed by atoms with Crippen LogP contribution in [0, 0.1) is 0 Å². The summed E-state index contributed by atoms with van der Waals surface area (Å²) >= 11 is 6.03. The molecule has 0 saturated heterocycles. The highest BCUT2D eigenvalue weighted by atomic mass is 35.5. The maximum Gasteiger partial charge on any atom is 0.255 e. The van der Waals surface area contributed by atoms with Crippen LogP contribution < -0.4 is 15.4 Å². The average Bonchev–Trinajstić information content (AvgIpc) is 3.16. The normalized spacial score (nSPS) is 15.6. The highest BCUT2D eigenvalue weighted by Gasteiger charge is 2.34. The lowest BCUT2D eigenvalue weighted by molar-refractivity contribution is -0.113. The van der Waals surface area contributed by atoms with Crippen LogP contribution in [-0.2, 0) is 4.79 Å². The van der Waals surface area contributed by atoms with Crippen molar-refractivity contribution in [2.45, 2.75) is 13.0 Å². The molecular formula is C19H17ClN6O2. The van der Waals surface area contributed by atoms with E-state index in [1.807, 2.05) is 31.2 Å². The summed E-state index contributed by atoms with van der Waals surface area (Å²) in [7, 11) is 1.56. The number of aromatic nitrogens is 4. The minimum atomic E-state index is -0.502. The molecule has 1 aromatic heterocycles. The number of fused-ring (bicyclic) bond motifs is 1. The third-order valence-electron chi connectivity index (χ3n) is 4.50. The number of tetrazole rings is 1. The number of hydrogen-bond acceptors (Lipinski definition) is 6. The molecular weight excluding hydrogens is 380 g/mol. The molecule has 3 aromatic rings. The number of nitrogens with one attached hydrogen (secondary N) is 2. The van der Waals surface area contributed by atoms with Crippen LogP contribution in [0.3, 0.4) is 0 Å². The standard InChI is InChI=1S/C19H17ClN6O2/c1-11-16(18(27)22-14-5-3-4-6-15(14)28-2)17(12-7-9-13(20)10-8-12)26-19(21-11)23-24-25-26/h3-10,17H,1-2H3,(H,22,27)(H,21,23,25)/t17-/m0/s1. The third kappa shape index (κ3) is 3.18. The van der Waals surface area contributed by atoms with E-state index in [2.05, 4.69) is 26.2 Å². The first-order chi connectivity index (χ1) is 13.6. The van der Waals surface area contributed by atoms with Gasteiger partial charge < -0.3 is 15.4 Å². The summed E-state index contributed by atoms with van der Waals surface area (Å²) in [5, 5.41) is 18.4. The molecule has 0 saturated carbocycles. The van der Waals surface area contributed by atoms with Gasteiger partial charge in [0.05, 0.1) is 18.4 Å². The van der Waals surface area contributed by atoms with Crippen molar-refractivity contribution in [3.63, 3.8) is 0 Å². The quantitative estimate of drug-likeness (QED) is 0.703. The number of nitrogens with zero attached hydrogens (tertiary/aromatic N) is 4. The molecule has 0 unspecified atom stereocenters. The van der Waals surface area contributed by atoms with Crippen LogP contribution in [0.2, 0.25) is 5.02 Å². The van der Waals surface area contributed by atoms with Gasteiger partial charge in [-0.05, 0) is 47.2 Å². The molecule has 1 aliphatic heterocycles. The van der Waals surface area contributed by atoms with Crippen molar-refractivity contribution in [1.82, 2.24) is 20.2 Å². The van der Waals surface area contributed by atoms with Crippen LogP contribution in [0.5, 0.6) is 5.75 Å². The Morgan fingerprint density at radius 3 is 2.71 bits per heavy atom. The van der Waals surface area contributed by atoms with E-state index in [0.29, 0.717) is 33.7 Å². The summed E-state index contributed by atoms with van der Waals surface area (Å²) in [5.74, 6) is 0.755. The van der Waals surface area contributed by atoms with Gasteiger partial charge in [0, 0.05) is 10.7 Å². The monoisotopic (exact) mass is 396 g/mol. The Hall–Kier alpha value is -3.39. The predicted molar refractivity (Wildman–Crippen MR) is 105 cm³/mol. The number of rotatable bonds is 4. The van der Waals surface area contributed by atoms with Gasteiger partial charge in [-0.15, -0.1) is 0 Å². The van der Waals surface area contributed by atoms with Crippen molar-refractivity contribution in [2.75, 3.05) is 17.7 Å². The molecule has 0 radical (unpaired) electrons. The van der Waals surface area contributed by atoms with Crippen LogP contribution >= 0.6 is 11.6 Å². The number of anilines is 2. The summed E-state index contributed by atoms with van der Waals surface area (Å²) in [6.07, 6.45) is 0. The highest BCUT2D eigenvalue weighted by molar-refractivity contribution is 6.30. The molecule has 0 fully saturated rings. The predicted octanol–water partition coefficient (Wildman–Crippen LogP) is 3.26. The molecule has 4 rings (SSSR count). The third-order valence-corrected chi connectivity index (χ3v) is 4.75. The number of halogens is 1. The lowest BCUT2D eigenvalue weighted by Gasteiger charge is -2.28. The summed E-state index contributed by atoms with van der Waals surface area (Å²) in [6, 6.07) is 14.0. The van der Waals surface area contributed by atoms with Crippen LogP contribution in [0.4, 0.5) is 11.6 Å². The maximum atomic E-state index is 13.3. The fourth-order valence-corrected chi connectivity index (χ4v) is 3.32. The van der Waals surface area contributed by atoms with Gasteiger partial charge >= 0.3 is 0 Å². The average molecular weight is 397 g/mol. The smallest absolute Gasteiger partial charge is 0.255 e. The van der Waals surface area contributed by atoms with E-state index >= 15 is 0 Å². The van der Waals surface area contributed by atoms with E-state index in [0.717, 1.165) is 5.56 Å². The molecule has 1 atom stereocenters. The van der Waals surface area contributed by atoms with E-state index in [-0.39, 0.29) is 5.91 Å². The molecule has 0 aliphatic carbocycles. The molecule has 1 amide bonds. The fourth-order valence-electron chi connectivity index (χ4n) is 3.20. The zero-order valence-corrected chi connectivity index (χ0v) is 15.9. The number of ether oxygens (including phenoxy) is 1. The Morgan fingerprint density at radius 1 is 1.21 bits per heavy atom. The molecule has 1 aliphatic rings. The van der Waals surface area contributed by atoms with Crippen LogP contribution in [0.1, 0.15) is 18.5 Å². The highest BCUT2D eigenvalue weighted by Crippen LogP contribution is 2.35. The zero-order valence-electron chi connectivity index (χ0n) is 15.2. The minimum Gasteiger partial charge on any atom is -0.495 e. The van der Waals surface area contributed by atoms with E-state index < -0.39 is 6.04 Å². The van der Waals surface area contributed by atoms with Crippen LogP contribution in [-0.4, -0.2) is 33.2 Å². The van der Waals surface area contributed by atoms with Crippen molar-refractivity contribution >= 4 is 29.1 Å². The number of amides is 1. The van der Waals surface area contributed by atoms with Crippen molar-refractivity contribution in [2.24, 2.45) is 0 Å². The van der Waals surface area contributed by atoms with Gasteiger partial charge in [-0.2, -0.15) is 4.68 Å². The lowest BCUT2D eigenvalue weighted by atomic mass is 9.95. The Balaban J connectivity index is 1.76. The van der Waals surface area contributed by atoms with Gasteiger partial charge in [0.25, 0.3) is 5.91 Å². The van der Waals surface area contributed by atoms with E-state index in [1.165, 1.54) is 0 Å². The second kappa shape index (κ2) is 7.32. The molecule has 28 heavy (non-hydrogen) atoms. The van der Waals surface area contributed by atoms with E-state index in [9.17, 15) is 4.79 Å². The summed E-state index contributed by atoms with van der Waals surface area (Å²) in [4.78, 5) is 13.3.